The minimum Gasteiger partial charge on any atom is -0.352 e. The van der Waals surface area contributed by atoms with Gasteiger partial charge in [-0.1, -0.05) is 31.4 Å². The number of carbonyl (C=O) groups is 1. The molecule has 0 saturated heterocycles. The van der Waals surface area contributed by atoms with Crippen LogP contribution in [0.2, 0.25) is 0 Å². The van der Waals surface area contributed by atoms with Gasteiger partial charge in [0.2, 0.25) is 5.91 Å². The van der Waals surface area contributed by atoms with Gasteiger partial charge in [-0.15, -0.1) is 0 Å². The Kier molecular flexibility index (Phi) is 4.57. The number of nitrogens with two attached hydrogens (primary N) is 1. The quantitative estimate of drug-likeness (QED) is 0.879. The fourth-order valence-electron chi connectivity index (χ4n) is 5.73. The lowest BCUT2D eigenvalue weighted by Crippen LogP contribution is -2.57. The van der Waals surface area contributed by atoms with Crippen LogP contribution in [0.5, 0.6) is 0 Å². The van der Waals surface area contributed by atoms with E-state index in [-0.39, 0.29) is 23.8 Å². The molecular weight excluding hydrogens is 315 g/mol. The van der Waals surface area contributed by atoms with E-state index in [1.165, 1.54) is 25.3 Å². The highest BCUT2D eigenvalue weighted by Gasteiger charge is 2.46. The number of hydrogen-bond donors (Lipinski definition) is 2. The van der Waals surface area contributed by atoms with E-state index in [1.54, 1.807) is 12.1 Å². The van der Waals surface area contributed by atoms with Crippen molar-refractivity contribution in [2.75, 3.05) is 0 Å². The number of halogens is 1. The standard InChI is InChI=1S/C21H29FN2O/c22-17-8-4-7-16(13-17)21(9-1-2-10-21)20(25)24-19-14-5-3-6-15(19)12-18(23)11-14/h4,7-8,13-15,18-19H,1-3,5-6,9-12,23H2,(H,24,25). The third kappa shape index (κ3) is 3.10. The molecule has 0 aromatic heterocycles. The minimum absolute atomic E-state index is 0.118. The molecule has 3 N–H and O–H groups in total. The van der Waals surface area contributed by atoms with E-state index < -0.39 is 5.41 Å². The summed E-state index contributed by atoms with van der Waals surface area (Å²) in [5, 5.41) is 3.43. The Labute approximate surface area is 149 Å². The Morgan fingerprint density at radius 1 is 1.12 bits per heavy atom. The number of benzene rings is 1. The van der Waals surface area contributed by atoms with Crippen LogP contribution in [-0.2, 0) is 10.2 Å². The lowest BCUT2D eigenvalue weighted by molar-refractivity contribution is -0.129. The first kappa shape index (κ1) is 17.0. The average Bonchev–Trinajstić information content (AvgIpc) is 3.07. The highest BCUT2D eigenvalue weighted by atomic mass is 19.1. The zero-order valence-corrected chi connectivity index (χ0v) is 14.8. The lowest BCUT2D eigenvalue weighted by atomic mass is 9.66. The van der Waals surface area contributed by atoms with Gasteiger partial charge in [-0.3, -0.25) is 4.79 Å². The number of rotatable bonds is 3. The molecule has 3 aliphatic carbocycles. The predicted molar refractivity (Wildman–Crippen MR) is 96.5 cm³/mol. The second kappa shape index (κ2) is 6.71. The van der Waals surface area contributed by atoms with Gasteiger partial charge in [0, 0.05) is 12.1 Å². The summed E-state index contributed by atoms with van der Waals surface area (Å²) in [4.78, 5) is 13.4. The predicted octanol–water partition coefficient (Wildman–Crippen LogP) is 3.66. The highest BCUT2D eigenvalue weighted by Crippen LogP contribution is 2.44. The van der Waals surface area contributed by atoms with Gasteiger partial charge in [0.1, 0.15) is 5.82 Å². The van der Waals surface area contributed by atoms with Gasteiger partial charge in [0.25, 0.3) is 0 Å². The molecule has 4 heteroatoms. The summed E-state index contributed by atoms with van der Waals surface area (Å²) >= 11 is 0. The maximum atomic E-state index is 13.8. The zero-order chi connectivity index (χ0) is 17.4. The van der Waals surface area contributed by atoms with Gasteiger partial charge in [0.05, 0.1) is 5.41 Å². The Morgan fingerprint density at radius 2 is 1.80 bits per heavy atom. The molecule has 3 fully saturated rings. The van der Waals surface area contributed by atoms with Gasteiger partial charge in [-0.05, 0) is 68.1 Å². The molecule has 0 heterocycles. The van der Waals surface area contributed by atoms with Crippen molar-refractivity contribution >= 4 is 5.91 Å². The fraction of sp³-hybridized carbons (Fsp3) is 0.667. The van der Waals surface area contributed by atoms with Gasteiger partial charge < -0.3 is 11.1 Å². The van der Waals surface area contributed by atoms with E-state index in [1.807, 2.05) is 6.07 Å². The lowest BCUT2D eigenvalue weighted by Gasteiger charge is -2.46. The summed E-state index contributed by atoms with van der Waals surface area (Å²) in [5.74, 6) is 0.889. The minimum atomic E-state index is -0.546. The zero-order valence-electron chi connectivity index (χ0n) is 14.8. The molecule has 25 heavy (non-hydrogen) atoms. The first-order chi connectivity index (χ1) is 12.1. The molecule has 0 radical (unpaired) electrons. The SMILES string of the molecule is NC1CC2CCCC(C1)C2NC(=O)C1(c2cccc(F)c2)CCCC1. The molecular formula is C21H29FN2O. The van der Waals surface area contributed by atoms with Crippen LogP contribution < -0.4 is 11.1 Å². The van der Waals surface area contributed by atoms with Crippen molar-refractivity contribution in [2.24, 2.45) is 17.6 Å². The van der Waals surface area contributed by atoms with E-state index in [4.69, 9.17) is 5.73 Å². The van der Waals surface area contributed by atoms with Gasteiger partial charge in [-0.25, -0.2) is 4.39 Å². The Bertz CT molecular complexity index is 627. The van der Waals surface area contributed by atoms with E-state index >= 15 is 0 Å². The van der Waals surface area contributed by atoms with Gasteiger partial charge in [0.15, 0.2) is 0 Å². The first-order valence-electron chi connectivity index (χ1n) is 9.91. The smallest absolute Gasteiger partial charge is 0.230 e. The third-order valence-electron chi connectivity index (χ3n) is 6.94. The second-order valence-corrected chi connectivity index (χ2v) is 8.48. The van der Waals surface area contributed by atoms with Crippen LogP contribution >= 0.6 is 0 Å². The van der Waals surface area contributed by atoms with Crippen molar-refractivity contribution in [2.45, 2.75) is 75.3 Å². The van der Waals surface area contributed by atoms with E-state index in [0.717, 1.165) is 44.1 Å². The summed E-state index contributed by atoms with van der Waals surface area (Å²) < 4.78 is 13.8. The molecule has 2 unspecified atom stereocenters. The Hall–Kier alpha value is -1.42. The highest BCUT2D eigenvalue weighted by molar-refractivity contribution is 5.89. The molecule has 0 aliphatic heterocycles. The van der Waals surface area contributed by atoms with Gasteiger partial charge >= 0.3 is 0 Å². The Morgan fingerprint density at radius 3 is 2.44 bits per heavy atom. The van der Waals surface area contributed by atoms with Crippen LogP contribution in [0.15, 0.2) is 24.3 Å². The summed E-state index contributed by atoms with van der Waals surface area (Å²) in [5.41, 5.74) is 6.52. The third-order valence-corrected chi connectivity index (χ3v) is 6.94. The first-order valence-corrected chi connectivity index (χ1v) is 9.91. The molecule has 2 bridgehead atoms. The number of hydrogen-bond acceptors (Lipinski definition) is 2. The molecule has 1 aromatic rings. The number of fused-ring (bicyclic) bond motifs is 2. The normalized spacial score (nSPS) is 33.8. The maximum absolute atomic E-state index is 13.8. The molecule has 0 spiro atoms. The fourth-order valence-corrected chi connectivity index (χ4v) is 5.73. The van der Waals surface area contributed by atoms with Crippen molar-refractivity contribution in [3.8, 4) is 0 Å². The summed E-state index contributed by atoms with van der Waals surface area (Å²) in [6.07, 6.45) is 9.35. The molecule has 136 valence electrons. The van der Waals surface area contributed by atoms with Crippen molar-refractivity contribution in [3.05, 3.63) is 35.6 Å². The van der Waals surface area contributed by atoms with Crippen LogP contribution in [0, 0.1) is 17.7 Å². The summed E-state index contributed by atoms with van der Waals surface area (Å²) in [6, 6.07) is 7.21. The molecule has 1 amide bonds. The molecule has 1 aromatic carbocycles. The molecule has 3 saturated carbocycles. The van der Waals surface area contributed by atoms with Crippen LogP contribution in [0.4, 0.5) is 4.39 Å². The molecule has 3 nitrogen and oxygen atoms in total. The summed E-state index contributed by atoms with van der Waals surface area (Å²) in [7, 11) is 0. The monoisotopic (exact) mass is 344 g/mol. The number of amides is 1. The van der Waals surface area contributed by atoms with Crippen molar-refractivity contribution in [1.82, 2.24) is 5.32 Å². The van der Waals surface area contributed by atoms with Crippen molar-refractivity contribution < 1.29 is 9.18 Å². The van der Waals surface area contributed by atoms with Gasteiger partial charge in [-0.2, -0.15) is 0 Å². The topological polar surface area (TPSA) is 55.1 Å². The second-order valence-electron chi connectivity index (χ2n) is 8.48. The number of nitrogens with one attached hydrogen (secondary N) is 1. The van der Waals surface area contributed by atoms with E-state index in [0.29, 0.717) is 11.8 Å². The molecule has 3 aliphatic rings. The van der Waals surface area contributed by atoms with Crippen LogP contribution in [-0.4, -0.2) is 18.0 Å². The average molecular weight is 344 g/mol. The van der Waals surface area contributed by atoms with Crippen LogP contribution in [0.25, 0.3) is 0 Å². The Balaban J connectivity index is 1.58. The molecule has 2 atom stereocenters. The maximum Gasteiger partial charge on any atom is 0.230 e. The summed E-state index contributed by atoms with van der Waals surface area (Å²) in [6.45, 7) is 0. The largest absolute Gasteiger partial charge is 0.352 e. The molecule has 4 rings (SSSR count). The van der Waals surface area contributed by atoms with E-state index in [9.17, 15) is 9.18 Å². The van der Waals surface area contributed by atoms with Crippen LogP contribution in [0.3, 0.4) is 0 Å². The number of carbonyl (C=O) groups excluding carboxylic acids is 1. The van der Waals surface area contributed by atoms with Crippen LogP contribution in [0.1, 0.15) is 63.4 Å². The van der Waals surface area contributed by atoms with E-state index in [2.05, 4.69) is 5.32 Å². The van der Waals surface area contributed by atoms with Crippen molar-refractivity contribution in [3.63, 3.8) is 0 Å². The van der Waals surface area contributed by atoms with Crippen molar-refractivity contribution in [1.29, 1.82) is 0 Å².